The second kappa shape index (κ2) is 5.87. The summed E-state index contributed by atoms with van der Waals surface area (Å²) in [6.45, 7) is 0.120. The lowest BCUT2D eigenvalue weighted by Gasteiger charge is -2.08. The van der Waals surface area contributed by atoms with Gasteiger partial charge in [0, 0.05) is 10.5 Å². The maximum Gasteiger partial charge on any atom is 0.132 e. The smallest absolute Gasteiger partial charge is 0.132 e. The van der Waals surface area contributed by atoms with Crippen molar-refractivity contribution in [2.24, 2.45) is 0 Å². The zero-order chi connectivity index (χ0) is 13.1. The maximum absolute atomic E-state index is 13.1. The molecule has 0 saturated carbocycles. The van der Waals surface area contributed by atoms with Crippen molar-refractivity contribution in [1.29, 1.82) is 0 Å². The van der Waals surface area contributed by atoms with Gasteiger partial charge in [-0.1, -0.05) is 39.1 Å². The van der Waals surface area contributed by atoms with Crippen molar-refractivity contribution in [3.63, 3.8) is 0 Å². The van der Waals surface area contributed by atoms with Crippen LogP contribution in [0.1, 0.15) is 5.69 Å². The van der Waals surface area contributed by atoms with E-state index in [0.717, 1.165) is 0 Å². The second-order valence-corrected chi connectivity index (χ2v) is 5.17. The van der Waals surface area contributed by atoms with Crippen LogP contribution in [0.4, 0.5) is 4.39 Å². The number of pyridine rings is 1. The van der Waals surface area contributed by atoms with Crippen LogP contribution in [0.2, 0.25) is 10.2 Å². The Morgan fingerprint density at radius 2 is 2.00 bits per heavy atom. The van der Waals surface area contributed by atoms with Crippen molar-refractivity contribution in [3.8, 4) is 5.75 Å². The fourth-order valence-corrected chi connectivity index (χ4v) is 2.09. The minimum atomic E-state index is -0.385. The Hall–Kier alpha value is -0.840. The molecule has 1 aromatic heterocycles. The summed E-state index contributed by atoms with van der Waals surface area (Å²) in [5, 5.41) is 0.785. The zero-order valence-corrected chi connectivity index (χ0v) is 12.1. The van der Waals surface area contributed by atoms with Crippen LogP contribution in [0, 0.1) is 5.82 Å². The molecule has 0 radical (unpaired) electrons. The molecular formula is C12H7BrCl2FNO. The van der Waals surface area contributed by atoms with Crippen LogP contribution in [0.5, 0.6) is 5.75 Å². The summed E-state index contributed by atoms with van der Waals surface area (Å²) in [6.07, 6.45) is 0. The van der Waals surface area contributed by atoms with Crippen molar-refractivity contribution in [2.75, 3.05) is 0 Å². The van der Waals surface area contributed by atoms with E-state index in [9.17, 15) is 4.39 Å². The fourth-order valence-electron chi connectivity index (χ4n) is 1.32. The topological polar surface area (TPSA) is 22.1 Å². The van der Waals surface area contributed by atoms with Crippen molar-refractivity contribution in [1.82, 2.24) is 4.98 Å². The van der Waals surface area contributed by atoms with Gasteiger partial charge in [-0.3, -0.25) is 0 Å². The predicted molar refractivity (Wildman–Crippen MR) is 72.7 cm³/mol. The molecule has 0 spiro atoms. The van der Waals surface area contributed by atoms with Crippen molar-refractivity contribution in [2.45, 2.75) is 6.61 Å². The lowest BCUT2D eigenvalue weighted by Crippen LogP contribution is -1.99. The molecule has 0 fully saturated rings. The van der Waals surface area contributed by atoms with E-state index in [-0.39, 0.29) is 12.4 Å². The standard InChI is InChI=1S/C12H7BrCl2FNO/c13-7-3-8(16)5-9(4-7)18-6-11-10(14)1-2-12(15)17-11/h1-5H,6H2. The van der Waals surface area contributed by atoms with Crippen LogP contribution in [-0.4, -0.2) is 4.98 Å². The number of hydrogen-bond acceptors (Lipinski definition) is 2. The number of benzene rings is 1. The van der Waals surface area contributed by atoms with Gasteiger partial charge in [-0.25, -0.2) is 9.37 Å². The molecule has 0 aliphatic rings. The van der Waals surface area contributed by atoms with Crippen LogP contribution in [0.25, 0.3) is 0 Å². The Morgan fingerprint density at radius 1 is 1.22 bits per heavy atom. The van der Waals surface area contributed by atoms with Crippen LogP contribution >= 0.6 is 39.1 Å². The van der Waals surface area contributed by atoms with Crippen molar-refractivity contribution < 1.29 is 9.13 Å². The second-order valence-electron chi connectivity index (χ2n) is 3.46. The van der Waals surface area contributed by atoms with Crippen molar-refractivity contribution >= 4 is 39.1 Å². The fraction of sp³-hybridized carbons (Fsp3) is 0.0833. The Bertz CT molecular complexity index is 560. The average molecular weight is 351 g/mol. The van der Waals surface area contributed by atoms with Gasteiger partial charge >= 0.3 is 0 Å². The number of nitrogens with zero attached hydrogens (tertiary/aromatic N) is 1. The Labute approximate surface area is 122 Å². The third kappa shape index (κ3) is 3.57. The van der Waals surface area contributed by atoms with E-state index in [0.29, 0.717) is 26.1 Å². The highest BCUT2D eigenvalue weighted by molar-refractivity contribution is 9.10. The summed E-state index contributed by atoms with van der Waals surface area (Å²) in [4.78, 5) is 4.04. The molecular weight excluding hydrogens is 344 g/mol. The maximum atomic E-state index is 13.1. The Kier molecular flexibility index (Phi) is 4.43. The molecule has 6 heteroatoms. The predicted octanol–water partition coefficient (Wildman–Crippen LogP) is 4.87. The molecule has 2 nitrogen and oxygen atoms in total. The molecule has 2 rings (SSSR count). The van der Waals surface area contributed by atoms with Gasteiger partial charge in [0.25, 0.3) is 0 Å². The lowest BCUT2D eigenvalue weighted by atomic mass is 10.3. The molecule has 0 N–H and O–H groups in total. The highest BCUT2D eigenvalue weighted by Gasteiger charge is 2.06. The van der Waals surface area contributed by atoms with Crippen LogP contribution in [0.3, 0.4) is 0 Å². The Balaban J connectivity index is 2.13. The van der Waals surface area contributed by atoms with Crippen LogP contribution in [-0.2, 0) is 6.61 Å². The van der Waals surface area contributed by atoms with E-state index < -0.39 is 0 Å². The molecule has 0 unspecified atom stereocenters. The molecule has 0 aliphatic heterocycles. The number of aromatic nitrogens is 1. The molecule has 0 amide bonds. The minimum Gasteiger partial charge on any atom is -0.487 e. The largest absolute Gasteiger partial charge is 0.487 e. The molecule has 18 heavy (non-hydrogen) atoms. The SMILES string of the molecule is Fc1cc(Br)cc(OCc2nc(Cl)ccc2Cl)c1. The summed E-state index contributed by atoms with van der Waals surface area (Å²) in [5.41, 5.74) is 0.504. The monoisotopic (exact) mass is 349 g/mol. The normalized spacial score (nSPS) is 10.4. The number of rotatable bonds is 3. The summed E-state index contributed by atoms with van der Waals surface area (Å²) in [7, 11) is 0. The lowest BCUT2D eigenvalue weighted by molar-refractivity contribution is 0.299. The van der Waals surface area contributed by atoms with Gasteiger partial charge in [0.2, 0.25) is 0 Å². The van der Waals surface area contributed by atoms with Gasteiger partial charge in [0.05, 0.1) is 10.7 Å². The van der Waals surface area contributed by atoms with Crippen LogP contribution < -0.4 is 4.74 Å². The third-order valence-electron chi connectivity index (χ3n) is 2.10. The molecule has 0 saturated heterocycles. The van der Waals surface area contributed by atoms with E-state index in [1.165, 1.54) is 12.1 Å². The van der Waals surface area contributed by atoms with Gasteiger partial charge in [-0.05, 0) is 24.3 Å². The highest BCUT2D eigenvalue weighted by atomic mass is 79.9. The first-order chi connectivity index (χ1) is 8.54. The highest BCUT2D eigenvalue weighted by Crippen LogP contribution is 2.23. The number of hydrogen-bond donors (Lipinski definition) is 0. The van der Waals surface area contributed by atoms with Gasteiger partial charge in [-0.2, -0.15) is 0 Å². The average Bonchev–Trinajstić information content (AvgIpc) is 2.29. The molecule has 0 aliphatic carbocycles. The van der Waals surface area contributed by atoms with Gasteiger partial charge in [-0.15, -0.1) is 0 Å². The molecule has 2 aromatic rings. The van der Waals surface area contributed by atoms with E-state index in [2.05, 4.69) is 20.9 Å². The first-order valence-corrected chi connectivity index (χ1v) is 6.49. The molecule has 1 aromatic carbocycles. The minimum absolute atomic E-state index is 0.120. The van der Waals surface area contributed by atoms with E-state index >= 15 is 0 Å². The van der Waals surface area contributed by atoms with Gasteiger partial charge < -0.3 is 4.74 Å². The molecule has 0 atom stereocenters. The third-order valence-corrected chi connectivity index (χ3v) is 3.11. The quantitative estimate of drug-likeness (QED) is 0.737. The Morgan fingerprint density at radius 3 is 2.72 bits per heavy atom. The van der Waals surface area contributed by atoms with E-state index in [1.54, 1.807) is 18.2 Å². The number of halogens is 4. The first kappa shape index (κ1) is 13.6. The zero-order valence-electron chi connectivity index (χ0n) is 8.96. The summed E-state index contributed by atoms with van der Waals surface area (Å²) >= 11 is 14.9. The first-order valence-electron chi connectivity index (χ1n) is 4.94. The van der Waals surface area contributed by atoms with Crippen LogP contribution in [0.15, 0.2) is 34.8 Å². The molecule has 94 valence electrons. The van der Waals surface area contributed by atoms with Gasteiger partial charge in [0.15, 0.2) is 0 Å². The summed E-state index contributed by atoms with van der Waals surface area (Å²) in [6, 6.07) is 7.51. The van der Waals surface area contributed by atoms with Gasteiger partial charge in [0.1, 0.15) is 23.3 Å². The summed E-state index contributed by atoms with van der Waals surface area (Å²) < 4.78 is 19.1. The van der Waals surface area contributed by atoms with E-state index in [4.69, 9.17) is 27.9 Å². The van der Waals surface area contributed by atoms with E-state index in [1.807, 2.05) is 0 Å². The number of ether oxygens (including phenoxy) is 1. The molecule has 1 heterocycles. The molecule has 0 bridgehead atoms. The van der Waals surface area contributed by atoms with Crippen molar-refractivity contribution in [3.05, 3.63) is 56.5 Å². The summed E-state index contributed by atoms with van der Waals surface area (Å²) in [5.74, 6) is 0.00393.